The molecule has 1 aliphatic carbocycles. The predicted molar refractivity (Wildman–Crippen MR) is 60.2 cm³/mol. The number of nitrogens with one attached hydrogen (secondary N) is 1. The summed E-state index contributed by atoms with van der Waals surface area (Å²) in [6.07, 6.45) is 4.42. The predicted octanol–water partition coefficient (Wildman–Crippen LogP) is 1.52. The first-order valence-electron chi connectivity index (χ1n) is 5.42. The van der Waals surface area contributed by atoms with Crippen molar-refractivity contribution in [3.63, 3.8) is 0 Å². The summed E-state index contributed by atoms with van der Waals surface area (Å²) >= 11 is 0. The number of aliphatic hydroxyl groups is 2. The molecule has 2 rings (SSSR count). The van der Waals surface area contributed by atoms with Crippen molar-refractivity contribution in [3.8, 4) is 0 Å². The normalized spacial score (nSPS) is 27.0. The summed E-state index contributed by atoms with van der Waals surface area (Å²) in [4.78, 5) is 11.3. The summed E-state index contributed by atoms with van der Waals surface area (Å²) in [6, 6.07) is 0.000694. The van der Waals surface area contributed by atoms with Crippen molar-refractivity contribution in [1.29, 1.82) is 0 Å². The Morgan fingerprint density at radius 3 is 2.75 bits per heavy atom. The second-order valence-corrected chi connectivity index (χ2v) is 4.14. The van der Waals surface area contributed by atoms with E-state index in [0.29, 0.717) is 5.57 Å². The lowest BCUT2D eigenvalue weighted by atomic mass is 9.89. The molecule has 3 N–H and O–H groups in total. The molecule has 1 heterocycles. The maximum absolute atomic E-state index is 11.3. The molecule has 0 saturated carbocycles. The molecule has 16 heavy (non-hydrogen) atoms. The van der Waals surface area contributed by atoms with E-state index in [0.717, 1.165) is 25.8 Å². The number of aliphatic hydroxyl groups excluding tert-OH is 2. The van der Waals surface area contributed by atoms with E-state index < -0.39 is 5.78 Å². The fourth-order valence-corrected chi connectivity index (χ4v) is 2.10. The first-order valence-corrected chi connectivity index (χ1v) is 5.42. The van der Waals surface area contributed by atoms with Crippen LogP contribution >= 0.6 is 0 Å². The average Bonchev–Trinajstić information content (AvgIpc) is 2.32. The van der Waals surface area contributed by atoms with Gasteiger partial charge >= 0.3 is 0 Å². The highest BCUT2D eigenvalue weighted by molar-refractivity contribution is 6.10. The maximum atomic E-state index is 11.3. The molecule has 4 heteroatoms. The third-order valence-corrected chi connectivity index (χ3v) is 3.04. The topological polar surface area (TPSA) is 69.6 Å². The van der Waals surface area contributed by atoms with Crippen molar-refractivity contribution >= 4 is 5.78 Å². The van der Waals surface area contributed by atoms with Crippen molar-refractivity contribution in [1.82, 2.24) is 5.32 Å². The van der Waals surface area contributed by atoms with Gasteiger partial charge in [-0.3, -0.25) is 4.79 Å². The molecule has 86 valence electrons. The standard InChI is InChI=1S/C12H15NO3/c1-7-11(15)8(6-10(14)12(7)16)9-4-2-3-5-13-9/h6,9,13-15H,1-5H2. The highest BCUT2D eigenvalue weighted by atomic mass is 16.3. The van der Waals surface area contributed by atoms with Crippen LogP contribution in [0.4, 0.5) is 0 Å². The number of rotatable bonds is 1. The van der Waals surface area contributed by atoms with Gasteiger partial charge in [-0.2, -0.15) is 0 Å². The fraction of sp³-hybridized carbons (Fsp3) is 0.417. The van der Waals surface area contributed by atoms with Crippen LogP contribution in [-0.4, -0.2) is 28.6 Å². The molecule has 1 saturated heterocycles. The fourth-order valence-electron chi connectivity index (χ4n) is 2.10. The summed E-state index contributed by atoms with van der Waals surface area (Å²) in [5.41, 5.74) is 0.546. The molecule has 0 aromatic heterocycles. The minimum Gasteiger partial charge on any atom is -0.507 e. The highest BCUT2D eigenvalue weighted by Crippen LogP contribution is 2.27. The van der Waals surface area contributed by atoms with Crippen LogP contribution in [0.15, 0.2) is 35.3 Å². The average molecular weight is 221 g/mol. The monoisotopic (exact) mass is 221 g/mol. The van der Waals surface area contributed by atoms with Crippen molar-refractivity contribution < 1.29 is 15.0 Å². The summed E-state index contributed by atoms with van der Waals surface area (Å²) in [6.45, 7) is 4.37. The first kappa shape index (κ1) is 11.0. The number of ketones is 1. The van der Waals surface area contributed by atoms with Gasteiger partial charge in [0.25, 0.3) is 0 Å². The second-order valence-electron chi connectivity index (χ2n) is 4.14. The van der Waals surface area contributed by atoms with E-state index in [-0.39, 0.29) is 23.1 Å². The largest absolute Gasteiger partial charge is 0.507 e. The quantitative estimate of drug-likeness (QED) is 0.587. The van der Waals surface area contributed by atoms with Crippen LogP contribution in [0.1, 0.15) is 19.3 Å². The van der Waals surface area contributed by atoms with E-state index in [2.05, 4.69) is 11.9 Å². The van der Waals surface area contributed by atoms with E-state index in [1.54, 1.807) is 0 Å². The van der Waals surface area contributed by atoms with E-state index in [1.165, 1.54) is 6.08 Å². The summed E-state index contributed by atoms with van der Waals surface area (Å²) in [7, 11) is 0. The van der Waals surface area contributed by atoms with Gasteiger partial charge in [0, 0.05) is 11.6 Å². The molecule has 4 nitrogen and oxygen atoms in total. The van der Waals surface area contributed by atoms with E-state index >= 15 is 0 Å². The van der Waals surface area contributed by atoms with E-state index in [4.69, 9.17) is 0 Å². The molecular weight excluding hydrogens is 206 g/mol. The van der Waals surface area contributed by atoms with Gasteiger partial charge in [0.2, 0.25) is 5.78 Å². The van der Waals surface area contributed by atoms with Crippen LogP contribution in [0.3, 0.4) is 0 Å². The molecule has 1 unspecified atom stereocenters. The smallest absolute Gasteiger partial charge is 0.230 e. The number of hydrogen-bond donors (Lipinski definition) is 3. The minimum absolute atomic E-state index is 0.000694. The van der Waals surface area contributed by atoms with E-state index in [9.17, 15) is 15.0 Å². The molecule has 0 spiro atoms. The Balaban J connectivity index is 2.32. The number of hydrogen-bond acceptors (Lipinski definition) is 4. The Hall–Kier alpha value is -1.55. The zero-order valence-corrected chi connectivity index (χ0v) is 8.99. The number of carbonyl (C=O) groups excluding carboxylic acids is 1. The van der Waals surface area contributed by atoms with Gasteiger partial charge in [-0.25, -0.2) is 0 Å². The van der Waals surface area contributed by atoms with Crippen molar-refractivity contribution in [3.05, 3.63) is 35.3 Å². The SMILES string of the molecule is C=C1C(=O)C(O)=CC(C2CCCCN2)=C1O. The third-order valence-electron chi connectivity index (χ3n) is 3.04. The van der Waals surface area contributed by atoms with Gasteiger partial charge in [-0.05, 0) is 25.5 Å². The molecule has 0 bridgehead atoms. The van der Waals surface area contributed by atoms with Gasteiger partial charge in [-0.1, -0.05) is 13.0 Å². The number of Topliss-reactive ketones (excluding diaryl/α,β-unsaturated/α-hetero) is 1. The van der Waals surface area contributed by atoms with Gasteiger partial charge in [0.15, 0.2) is 5.76 Å². The zero-order chi connectivity index (χ0) is 11.7. The molecule has 0 aromatic rings. The lowest BCUT2D eigenvalue weighted by molar-refractivity contribution is -0.114. The molecule has 0 radical (unpaired) electrons. The molecule has 0 amide bonds. The number of allylic oxidation sites excluding steroid dienone is 2. The van der Waals surface area contributed by atoms with Gasteiger partial charge in [0.05, 0.1) is 5.57 Å². The van der Waals surface area contributed by atoms with Crippen LogP contribution < -0.4 is 5.32 Å². The van der Waals surface area contributed by atoms with Crippen LogP contribution in [0.5, 0.6) is 0 Å². The molecule has 2 aliphatic rings. The Labute approximate surface area is 94.0 Å². The lowest BCUT2D eigenvalue weighted by Crippen LogP contribution is -2.37. The van der Waals surface area contributed by atoms with Gasteiger partial charge in [-0.15, -0.1) is 0 Å². The summed E-state index contributed by atoms with van der Waals surface area (Å²) in [5, 5.41) is 22.5. The zero-order valence-electron chi connectivity index (χ0n) is 8.99. The Morgan fingerprint density at radius 1 is 1.38 bits per heavy atom. The first-order chi connectivity index (χ1) is 7.61. The van der Waals surface area contributed by atoms with Crippen molar-refractivity contribution in [2.45, 2.75) is 25.3 Å². The van der Waals surface area contributed by atoms with Gasteiger partial charge < -0.3 is 15.5 Å². The second kappa shape index (κ2) is 4.14. The Kier molecular flexibility index (Phi) is 2.83. The Bertz CT molecular complexity index is 396. The molecule has 1 aliphatic heterocycles. The van der Waals surface area contributed by atoms with Crippen LogP contribution in [0.25, 0.3) is 0 Å². The summed E-state index contributed by atoms with van der Waals surface area (Å²) < 4.78 is 0. The number of carbonyl (C=O) groups is 1. The molecule has 1 fully saturated rings. The van der Waals surface area contributed by atoms with Gasteiger partial charge in [0.1, 0.15) is 5.76 Å². The highest BCUT2D eigenvalue weighted by Gasteiger charge is 2.28. The lowest BCUT2D eigenvalue weighted by Gasteiger charge is -2.27. The van der Waals surface area contributed by atoms with Crippen molar-refractivity contribution in [2.75, 3.05) is 6.54 Å². The van der Waals surface area contributed by atoms with Crippen LogP contribution in [-0.2, 0) is 4.79 Å². The molecular formula is C12H15NO3. The molecule has 0 aromatic carbocycles. The third kappa shape index (κ3) is 1.76. The maximum Gasteiger partial charge on any atom is 0.230 e. The Morgan fingerprint density at radius 2 is 2.12 bits per heavy atom. The van der Waals surface area contributed by atoms with Crippen molar-refractivity contribution in [2.24, 2.45) is 0 Å². The molecule has 1 atom stereocenters. The summed E-state index contributed by atoms with van der Waals surface area (Å²) in [5.74, 6) is -1.04. The van der Waals surface area contributed by atoms with Crippen LogP contribution in [0.2, 0.25) is 0 Å². The van der Waals surface area contributed by atoms with E-state index in [1.807, 2.05) is 0 Å². The number of piperidine rings is 1. The minimum atomic E-state index is -0.600. The van der Waals surface area contributed by atoms with Crippen LogP contribution in [0, 0.1) is 0 Å².